The lowest BCUT2D eigenvalue weighted by Gasteiger charge is -2.12. The predicted octanol–water partition coefficient (Wildman–Crippen LogP) is 3.03. The highest BCUT2D eigenvalue weighted by Crippen LogP contribution is 2.26. The van der Waals surface area contributed by atoms with Crippen LogP contribution in [-0.2, 0) is 11.3 Å². The number of anilines is 2. The highest BCUT2D eigenvalue weighted by Gasteiger charge is 2.09. The van der Waals surface area contributed by atoms with E-state index in [9.17, 15) is 4.79 Å². The van der Waals surface area contributed by atoms with Crippen LogP contribution in [0.5, 0.6) is 0 Å². The Morgan fingerprint density at radius 2 is 1.93 bits per heavy atom. The molecule has 27 heavy (non-hydrogen) atoms. The van der Waals surface area contributed by atoms with E-state index in [4.69, 9.17) is 45.9 Å². The predicted molar refractivity (Wildman–Crippen MR) is 109 cm³/mol. The van der Waals surface area contributed by atoms with Gasteiger partial charge in [0.1, 0.15) is 5.02 Å². The van der Waals surface area contributed by atoms with Crippen molar-refractivity contribution in [1.29, 1.82) is 5.41 Å². The van der Waals surface area contributed by atoms with Crippen molar-refractivity contribution in [1.82, 2.24) is 15.3 Å². The number of carbonyl (C=O) groups is 1. The summed E-state index contributed by atoms with van der Waals surface area (Å²) in [6.07, 6.45) is 3.85. The molecular formula is C16H16Cl3N7O. The van der Waals surface area contributed by atoms with E-state index in [1.54, 1.807) is 18.2 Å². The maximum Gasteiger partial charge on any atom is 0.236 e. The van der Waals surface area contributed by atoms with E-state index in [0.29, 0.717) is 38.7 Å². The van der Waals surface area contributed by atoms with Crippen LogP contribution in [0.15, 0.2) is 36.3 Å². The molecule has 0 fully saturated rings. The van der Waals surface area contributed by atoms with Crippen molar-refractivity contribution >= 4 is 58.7 Å². The molecule has 142 valence electrons. The number of nitrogens with zero attached hydrogens (tertiary/aromatic N) is 2. The molecule has 0 aliphatic heterocycles. The van der Waals surface area contributed by atoms with E-state index < -0.39 is 5.91 Å². The van der Waals surface area contributed by atoms with Crippen molar-refractivity contribution in [3.63, 3.8) is 0 Å². The van der Waals surface area contributed by atoms with Crippen LogP contribution in [0.3, 0.4) is 0 Å². The Hall–Kier alpha value is -2.55. The van der Waals surface area contributed by atoms with Crippen LogP contribution >= 0.6 is 34.8 Å². The van der Waals surface area contributed by atoms with E-state index >= 15 is 0 Å². The minimum atomic E-state index is -0.525. The fraction of sp³-hybridized carbons (Fsp3) is 0.125. The zero-order valence-corrected chi connectivity index (χ0v) is 16.2. The summed E-state index contributed by atoms with van der Waals surface area (Å²) in [7, 11) is 0. The molecule has 1 amide bonds. The lowest BCUT2D eigenvalue weighted by Crippen LogP contribution is -2.25. The third kappa shape index (κ3) is 6.28. The smallest absolute Gasteiger partial charge is 0.236 e. The van der Waals surface area contributed by atoms with Crippen molar-refractivity contribution < 1.29 is 4.79 Å². The number of primary amides is 1. The monoisotopic (exact) mass is 427 g/mol. The summed E-state index contributed by atoms with van der Waals surface area (Å²) in [6, 6.07) is 5.23. The van der Waals surface area contributed by atoms with Crippen LogP contribution in [0.2, 0.25) is 15.1 Å². The Kier molecular flexibility index (Phi) is 7.66. The summed E-state index contributed by atoms with van der Waals surface area (Å²) < 4.78 is 0. The number of benzene rings is 1. The molecular weight excluding hydrogens is 413 g/mol. The van der Waals surface area contributed by atoms with E-state index in [-0.39, 0.29) is 12.5 Å². The summed E-state index contributed by atoms with van der Waals surface area (Å²) in [5.41, 5.74) is 6.06. The van der Waals surface area contributed by atoms with E-state index in [2.05, 4.69) is 25.9 Å². The van der Waals surface area contributed by atoms with Crippen LogP contribution in [0.25, 0.3) is 0 Å². The maximum atomic E-state index is 10.7. The van der Waals surface area contributed by atoms with Gasteiger partial charge in [0.15, 0.2) is 5.82 Å². The van der Waals surface area contributed by atoms with Gasteiger partial charge in [-0.1, -0.05) is 40.9 Å². The fourth-order valence-corrected chi connectivity index (χ4v) is 2.62. The molecule has 11 heteroatoms. The third-order valence-corrected chi connectivity index (χ3v) is 4.17. The van der Waals surface area contributed by atoms with Crippen molar-refractivity contribution in [2.24, 2.45) is 5.73 Å². The highest BCUT2D eigenvalue weighted by molar-refractivity contribution is 6.36. The molecule has 0 bridgehead atoms. The molecule has 0 spiro atoms. The molecule has 1 aromatic heterocycles. The second-order valence-electron chi connectivity index (χ2n) is 5.16. The first-order chi connectivity index (χ1) is 12.9. The second-order valence-corrected chi connectivity index (χ2v) is 6.38. The van der Waals surface area contributed by atoms with E-state index in [1.165, 1.54) is 12.4 Å². The van der Waals surface area contributed by atoms with Crippen molar-refractivity contribution in [3.05, 3.63) is 56.9 Å². The van der Waals surface area contributed by atoms with Gasteiger partial charge in [-0.15, -0.1) is 0 Å². The standard InChI is InChI=1S/C16H16Cl3N7O/c17-11-2-1-3-12(18)10(11)6-23-15-13(19)7-24-16(26-15)25-9(4-20)5-22-8-14(21)27/h1-5,7,20,22H,6,8H2,(H2,21,27)(H2,23,24,25,26)/b9-5+,20-4?. The molecule has 0 aliphatic rings. The van der Waals surface area contributed by atoms with Gasteiger partial charge in [0.25, 0.3) is 0 Å². The molecule has 8 nitrogen and oxygen atoms in total. The minimum absolute atomic E-state index is 0.0636. The van der Waals surface area contributed by atoms with Gasteiger partial charge in [0, 0.05) is 34.6 Å². The molecule has 2 aromatic rings. The SMILES string of the molecule is N=C/C(=C\NCC(N)=O)Nc1ncc(Cl)c(NCc2c(Cl)cccc2Cl)n1. The van der Waals surface area contributed by atoms with E-state index in [0.717, 1.165) is 6.21 Å². The number of halogens is 3. The van der Waals surface area contributed by atoms with Crippen molar-refractivity contribution in [2.45, 2.75) is 6.54 Å². The Bertz CT molecular complexity index is 853. The molecule has 0 saturated heterocycles. The molecule has 0 radical (unpaired) electrons. The Morgan fingerprint density at radius 1 is 1.22 bits per heavy atom. The van der Waals surface area contributed by atoms with Crippen LogP contribution in [0, 0.1) is 5.41 Å². The summed E-state index contributed by atoms with van der Waals surface area (Å²) in [4.78, 5) is 19.0. The summed E-state index contributed by atoms with van der Waals surface area (Å²) in [6.45, 7) is 0.244. The highest BCUT2D eigenvalue weighted by atomic mass is 35.5. The van der Waals surface area contributed by atoms with Crippen LogP contribution in [-0.4, -0.2) is 28.6 Å². The fourth-order valence-electron chi connectivity index (χ4n) is 1.93. The maximum absolute atomic E-state index is 10.7. The normalized spacial score (nSPS) is 11.0. The number of aromatic nitrogens is 2. The molecule has 0 aliphatic carbocycles. The number of nitrogens with one attached hydrogen (secondary N) is 4. The topological polar surface area (TPSA) is 129 Å². The minimum Gasteiger partial charge on any atom is -0.380 e. The lowest BCUT2D eigenvalue weighted by molar-refractivity contribution is -0.117. The molecule has 0 atom stereocenters. The molecule has 1 aromatic carbocycles. The summed E-state index contributed by atoms with van der Waals surface area (Å²) >= 11 is 18.4. The summed E-state index contributed by atoms with van der Waals surface area (Å²) in [5, 5.41) is 17.3. The van der Waals surface area contributed by atoms with Crippen LogP contribution in [0.4, 0.5) is 11.8 Å². The second kappa shape index (κ2) is 9.96. The quantitative estimate of drug-likeness (QED) is 0.390. The number of carbonyl (C=O) groups excluding carboxylic acids is 1. The van der Waals surface area contributed by atoms with E-state index in [1.807, 2.05) is 0 Å². The Balaban J connectivity index is 2.11. The first-order valence-corrected chi connectivity index (χ1v) is 8.72. The molecule has 0 saturated carbocycles. The third-order valence-electron chi connectivity index (χ3n) is 3.18. The average Bonchev–Trinajstić information content (AvgIpc) is 2.62. The first-order valence-electron chi connectivity index (χ1n) is 7.59. The zero-order chi connectivity index (χ0) is 19.8. The van der Waals surface area contributed by atoms with Gasteiger partial charge in [-0.05, 0) is 12.1 Å². The van der Waals surface area contributed by atoms with Crippen LogP contribution in [0.1, 0.15) is 5.56 Å². The van der Waals surface area contributed by atoms with Crippen molar-refractivity contribution in [2.75, 3.05) is 17.2 Å². The van der Waals surface area contributed by atoms with Crippen molar-refractivity contribution in [3.8, 4) is 0 Å². The number of nitrogens with two attached hydrogens (primary N) is 1. The van der Waals surface area contributed by atoms with Gasteiger partial charge in [-0.2, -0.15) is 4.98 Å². The molecule has 2 rings (SSSR count). The largest absolute Gasteiger partial charge is 0.380 e. The molecule has 0 unspecified atom stereocenters. The zero-order valence-electron chi connectivity index (χ0n) is 13.9. The Labute approximate surface area is 170 Å². The number of hydrogen-bond donors (Lipinski definition) is 5. The van der Waals surface area contributed by atoms with Gasteiger partial charge in [-0.3, -0.25) is 4.79 Å². The molecule has 1 heterocycles. The Morgan fingerprint density at radius 3 is 2.56 bits per heavy atom. The number of amides is 1. The average molecular weight is 429 g/mol. The number of allylic oxidation sites excluding steroid dienone is 1. The van der Waals surface area contributed by atoms with Crippen LogP contribution < -0.4 is 21.7 Å². The number of rotatable bonds is 9. The van der Waals surface area contributed by atoms with Gasteiger partial charge in [0.2, 0.25) is 11.9 Å². The van der Waals surface area contributed by atoms with Gasteiger partial charge < -0.3 is 27.1 Å². The van der Waals surface area contributed by atoms with Gasteiger partial charge >= 0.3 is 0 Å². The summed E-state index contributed by atoms with van der Waals surface area (Å²) in [5.74, 6) is 0.0328. The lowest BCUT2D eigenvalue weighted by atomic mass is 10.2. The van der Waals surface area contributed by atoms with Gasteiger partial charge in [-0.25, -0.2) is 4.98 Å². The first kappa shape index (κ1) is 20.8. The molecule has 6 N–H and O–H groups in total. The van der Waals surface area contributed by atoms with Gasteiger partial charge in [0.05, 0.1) is 18.4 Å². The number of hydrogen-bond acceptors (Lipinski definition) is 7.